The molecule has 0 aromatic heterocycles. The molecule has 0 fully saturated rings. The number of benzene rings is 1. The van der Waals surface area contributed by atoms with Crippen molar-refractivity contribution >= 4 is 23.8 Å². The van der Waals surface area contributed by atoms with Crippen molar-refractivity contribution in [2.45, 2.75) is 71.0 Å². The molecule has 0 saturated heterocycles. The summed E-state index contributed by atoms with van der Waals surface area (Å²) in [5.74, 6) is -0.739. The van der Waals surface area contributed by atoms with E-state index in [9.17, 15) is 14.4 Å². The van der Waals surface area contributed by atoms with Gasteiger partial charge in [-0.1, -0.05) is 36.4 Å². The molecule has 0 aliphatic carbocycles. The Morgan fingerprint density at radius 3 is 2.71 bits per heavy atom. The first-order valence-electron chi connectivity index (χ1n) is 10.0. The summed E-state index contributed by atoms with van der Waals surface area (Å²) in [5.41, 5.74) is 2.03. The van der Waals surface area contributed by atoms with Gasteiger partial charge in [0.05, 0.1) is 0 Å². The molecule has 152 valence electrons. The highest BCUT2D eigenvalue weighted by atomic mass is 16.2. The summed E-state index contributed by atoms with van der Waals surface area (Å²) in [6.07, 6.45) is 7.51. The highest BCUT2D eigenvalue weighted by Crippen LogP contribution is 2.12. The molecule has 2 rings (SSSR count). The lowest BCUT2D eigenvalue weighted by Gasteiger charge is -2.22. The van der Waals surface area contributed by atoms with Crippen LogP contribution in [0.15, 0.2) is 30.3 Å². The normalized spacial score (nSPS) is 22.9. The Morgan fingerprint density at radius 1 is 1.18 bits per heavy atom. The average Bonchev–Trinajstić information content (AvgIpc) is 2.63. The predicted molar refractivity (Wildman–Crippen MR) is 110 cm³/mol. The van der Waals surface area contributed by atoms with E-state index in [0.717, 1.165) is 30.4 Å². The average molecular weight is 386 g/mol. The molecule has 3 amide bonds. The van der Waals surface area contributed by atoms with Crippen LogP contribution in [0.2, 0.25) is 0 Å². The van der Waals surface area contributed by atoms with Crippen LogP contribution in [0, 0.1) is 0 Å². The van der Waals surface area contributed by atoms with Crippen molar-refractivity contribution in [2.75, 3.05) is 0 Å². The van der Waals surface area contributed by atoms with Gasteiger partial charge in [-0.05, 0) is 51.2 Å². The van der Waals surface area contributed by atoms with Gasteiger partial charge >= 0.3 is 0 Å². The molecular formula is C22H31N3O3. The van der Waals surface area contributed by atoms with Gasteiger partial charge < -0.3 is 16.0 Å². The van der Waals surface area contributed by atoms with Crippen LogP contribution in [0.25, 0.3) is 6.08 Å². The Balaban J connectivity index is 2.26. The fraction of sp³-hybridized carbons (Fsp3) is 0.500. The molecule has 1 heterocycles. The lowest BCUT2D eigenvalue weighted by Crippen LogP contribution is -2.54. The molecule has 0 saturated carbocycles. The monoisotopic (exact) mass is 385 g/mol. The molecule has 6 heteroatoms. The summed E-state index contributed by atoms with van der Waals surface area (Å²) < 4.78 is 0. The van der Waals surface area contributed by atoms with E-state index in [2.05, 4.69) is 28.1 Å². The molecule has 1 aliphatic rings. The number of carbonyl (C=O) groups is 3. The van der Waals surface area contributed by atoms with E-state index in [4.69, 9.17) is 0 Å². The second-order valence-electron chi connectivity index (χ2n) is 7.61. The molecule has 1 aliphatic heterocycles. The van der Waals surface area contributed by atoms with Crippen LogP contribution in [0.4, 0.5) is 0 Å². The minimum absolute atomic E-state index is 0.0313. The van der Waals surface area contributed by atoms with Crippen molar-refractivity contribution in [3.63, 3.8) is 0 Å². The van der Waals surface area contributed by atoms with Crippen LogP contribution in [0.1, 0.15) is 57.6 Å². The molecule has 2 atom stereocenters. The maximum atomic E-state index is 12.6. The van der Waals surface area contributed by atoms with Gasteiger partial charge in [0, 0.05) is 18.9 Å². The zero-order chi connectivity index (χ0) is 20.5. The Hall–Kier alpha value is -2.63. The number of hydrogen-bond acceptors (Lipinski definition) is 3. The third kappa shape index (κ3) is 7.18. The van der Waals surface area contributed by atoms with Crippen LogP contribution in [0.5, 0.6) is 0 Å². The molecular weight excluding hydrogens is 354 g/mol. The van der Waals surface area contributed by atoms with Gasteiger partial charge in [0.2, 0.25) is 17.7 Å². The molecule has 2 bridgehead atoms. The van der Waals surface area contributed by atoms with E-state index in [1.807, 2.05) is 38.1 Å². The summed E-state index contributed by atoms with van der Waals surface area (Å²) >= 11 is 0. The largest absolute Gasteiger partial charge is 0.352 e. The van der Waals surface area contributed by atoms with E-state index >= 15 is 0 Å². The fourth-order valence-corrected chi connectivity index (χ4v) is 3.10. The molecule has 0 spiro atoms. The maximum Gasteiger partial charge on any atom is 0.243 e. The zero-order valence-corrected chi connectivity index (χ0v) is 17.0. The van der Waals surface area contributed by atoms with Gasteiger partial charge in [-0.15, -0.1) is 0 Å². The number of carbonyl (C=O) groups excluding carboxylic acids is 3. The highest BCUT2D eigenvalue weighted by Gasteiger charge is 2.25. The van der Waals surface area contributed by atoms with Gasteiger partial charge in [0.1, 0.15) is 12.1 Å². The zero-order valence-electron chi connectivity index (χ0n) is 17.0. The summed E-state index contributed by atoms with van der Waals surface area (Å²) in [5, 5.41) is 8.38. The first-order chi connectivity index (χ1) is 13.3. The quantitative estimate of drug-likeness (QED) is 0.730. The number of rotatable bonds is 2. The van der Waals surface area contributed by atoms with Gasteiger partial charge in [-0.3, -0.25) is 14.4 Å². The predicted octanol–water partition coefficient (Wildman–Crippen LogP) is 2.33. The van der Waals surface area contributed by atoms with Gasteiger partial charge in [0.15, 0.2) is 0 Å². The lowest BCUT2D eigenvalue weighted by molar-refractivity contribution is -0.131. The van der Waals surface area contributed by atoms with E-state index in [1.54, 1.807) is 6.92 Å². The third-order valence-electron chi connectivity index (χ3n) is 4.56. The van der Waals surface area contributed by atoms with E-state index in [-0.39, 0.29) is 23.8 Å². The number of hydrogen-bond donors (Lipinski definition) is 3. The standard InChI is InChI=1S/C22H31N3O3/c1-15(2)23-22(28)19-14-18-11-8-10-17(13-18)9-6-4-5-7-12-20(26)24-16(3)21(27)25-19/h6,8-11,13,15-16,19H,4-5,7,12,14H2,1-3H3,(H,23,28)(H,24,26)(H,25,27)/b9-6-. The Labute approximate surface area is 167 Å². The number of nitrogens with one attached hydrogen (secondary N) is 3. The first kappa shape index (κ1) is 21.7. The van der Waals surface area contributed by atoms with Crippen LogP contribution >= 0.6 is 0 Å². The van der Waals surface area contributed by atoms with Crippen molar-refractivity contribution in [3.8, 4) is 0 Å². The molecule has 1 aromatic carbocycles. The van der Waals surface area contributed by atoms with E-state index < -0.39 is 12.1 Å². The SMILES string of the molecule is CC(C)NC(=O)C1Cc2cccc(c2)/C=C\CCCCC(=O)NC(C)C(=O)N1. The van der Waals surface area contributed by atoms with Crippen LogP contribution in [0.3, 0.4) is 0 Å². The Morgan fingerprint density at radius 2 is 1.96 bits per heavy atom. The van der Waals surface area contributed by atoms with Gasteiger partial charge in [0.25, 0.3) is 0 Å². The van der Waals surface area contributed by atoms with Gasteiger partial charge in [-0.25, -0.2) is 0 Å². The number of allylic oxidation sites excluding steroid dienone is 1. The molecule has 2 unspecified atom stereocenters. The second kappa shape index (κ2) is 10.6. The summed E-state index contributed by atoms with van der Waals surface area (Å²) in [6, 6.07) is 6.53. The maximum absolute atomic E-state index is 12.6. The second-order valence-corrected chi connectivity index (χ2v) is 7.61. The Bertz CT molecular complexity index is 727. The third-order valence-corrected chi connectivity index (χ3v) is 4.56. The number of amides is 3. The van der Waals surface area contributed by atoms with Crippen LogP contribution in [-0.4, -0.2) is 35.8 Å². The minimum Gasteiger partial charge on any atom is -0.352 e. The summed E-state index contributed by atoms with van der Waals surface area (Å²) in [4.78, 5) is 37.2. The van der Waals surface area contributed by atoms with Crippen molar-refractivity contribution in [3.05, 3.63) is 41.5 Å². The van der Waals surface area contributed by atoms with Crippen LogP contribution < -0.4 is 16.0 Å². The summed E-state index contributed by atoms with van der Waals surface area (Å²) in [7, 11) is 0. The number of fused-ring (bicyclic) bond motifs is 2. The minimum atomic E-state index is -0.707. The van der Waals surface area contributed by atoms with E-state index in [1.165, 1.54) is 0 Å². The fourth-order valence-electron chi connectivity index (χ4n) is 3.10. The topological polar surface area (TPSA) is 87.3 Å². The van der Waals surface area contributed by atoms with Crippen molar-refractivity contribution in [2.24, 2.45) is 0 Å². The van der Waals surface area contributed by atoms with Crippen molar-refractivity contribution in [1.29, 1.82) is 0 Å². The highest BCUT2D eigenvalue weighted by molar-refractivity contribution is 5.92. The Kier molecular flexibility index (Phi) is 8.23. The summed E-state index contributed by atoms with van der Waals surface area (Å²) in [6.45, 7) is 5.39. The molecule has 6 nitrogen and oxygen atoms in total. The molecule has 1 aromatic rings. The molecule has 28 heavy (non-hydrogen) atoms. The van der Waals surface area contributed by atoms with E-state index in [0.29, 0.717) is 12.8 Å². The van der Waals surface area contributed by atoms with Gasteiger partial charge in [-0.2, -0.15) is 0 Å². The van der Waals surface area contributed by atoms with Crippen molar-refractivity contribution < 1.29 is 14.4 Å². The first-order valence-corrected chi connectivity index (χ1v) is 10.0. The van der Waals surface area contributed by atoms with Crippen molar-refractivity contribution in [1.82, 2.24) is 16.0 Å². The molecule has 0 radical (unpaired) electrons. The smallest absolute Gasteiger partial charge is 0.243 e. The lowest BCUT2D eigenvalue weighted by atomic mass is 10.0. The van der Waals surface area contributed by atoms with Crippen LogP contribution in [-0.2, 0) is 20.8 Å². The molecule has 3 N–H and O–H groups in total.